The SMILES string of the molecule is NC1CCC2CN(C(=O)c3cc(=O)[nH]c4ccc(Br)cc34)CC12. The van der Waals surface area contributed by atoms with Crippen molar-refractivity contribution in [2.45, 2.75) is 18.9 Å². The normalized spacial score (nSPS) is 26.7. The third-order valence-electron chi connectivity index (χ3n) is 5.24. The van der Waals surface area contributed by atoms with Crippen molar-refractivity contribution in [2.75, 3.05) is 13.1 Å². The molecule has 0 radical (unpaired) electrons. The second kappa shape index (κ2) is 5.46. The summed E-state index contributed by atoms with van der Waals surface area (Å²) in [5, 5.41) is 0.769. The Labute approximate surface area is 142 Å². The number of rotatable bonds is 1. The topological polar surface area (TPSA) is 79.2 Å². The Morgan fingerprint density at radius 3 is 2.87 bits per heavy atom. The van der Waals surface area contributed by atoms with Crippen LogP contribution in [0.15, 0.2) is 33.5 Å². The van der Waals surface area contributed by atoms with E-state index in [1.165, 1.54) is 6.07 Å². The number of nitrogens with two attached hydrogens (primary N) is 1. The van der Waals surface area contributed by atoms with Crippen LogP contribution in [0.5, 0.6) is 0 Å². The van der Waals surface area contributed by atoms with Crippen molar-refractivity contribution in [2.24, 2.45) is 17.6 Å². The number of aromatic amines is 1. The fourth-order valence-electron chi connectivity index (χ4n) is 4.05. The van der Waals surface area contributed by atoms with Gasteiger partial charge in [0, 0.05) is 40.6 Å². The number of aromatic nitrogens is 1. The van der Waals surface area contributed by atoms with Gasteiger partial charge in [0.1, 0.15) is 0 Å². The van der Waals surface area contributed by atoms with Gasteiger partial charge in [-0.2, -0.15) is 0 Å². The molecule has 1 aliphatic carbocycles. The summed E-state index contributed by atoms with van der Waals surface area (Å²) in [6.45, 7) is 1.45. The number of hydrogen-bond donors (Lipinski definition) is 2. The van der Waals surface area contributed by atoms with Crippen LogP contribution < -0.4 is 11.3 Å². The van der Waals surface area contributed by atoms with Crippen LogP contribution in [0.2, 0.25) is 0 Å². The largest absolute Gasteiger partial charge is 0.338 e. The van der Waals surface area contributed by atoms with Crippen LogP contribution in [-0.2, 0) is 0 Å². The summed E-state index contributed by atoms with van der Waals surface area (Å²) in [4.78, 5) is 29.5. The van der Waals surface area contributed by atoms with Crippen molar-refractivity contribution >= 4 is 32.7 Å². The highest BCUT2D eigenvalue weighted by Crippen LogP contribution is 2.37. The number of nitrogens with zero attached hydrogens (tertiary/aromatic N) is 1. The zero-order valence-corrected chi connectivity index (χ0v) is 14.2. The smallest absolute Gasteiger partial charge is 0.254 e. The van der Waals surface area contributed by atoms with E-state index in [0.717, 1.165) is 29.2 Å². The minimum atomic E-state index is -0.251. The maximum Gasteiger partial charge on any atom is 0.254 e. The number of likely N-dealkylation sites (tertiary alicyclic amines) is 1. The van der Waals surface area contributed by atoms with Gasteiger partial charge in [0.05, 0.1) is 5.56 Å². The van der Waals surface area contributed by atoms with E-state index in [-0.39, 0.29) is 17.5 Å². The van der Waals surface area contributed by atoms with E-state index in [1.807, 2.05) is 23.1 Å². The Hall–Kier alpha value is -1.66. The van der Waals surface area contributed by atoms with Gasteiger partial charge < -0.3 is 15.6 Å². The number of hydrogen-bond acceptors (Lipinski definition) is 3. The minimum Gasteiger partial charge on any atom is -0.338 e. The van der Waals surface area contributed by atoms with Gasteiger partial charge >= 0.3 is 0 Å². The maximum atomic E-state index is 13.0. The van der Waals surface area contributed by atoms with Gasteiger partial charge in [-0.05, 0) is 42.9 Å². The monoisotopic (exact) mass is 375 g/mol. The first-order valence-electron chi connectivity index (χ1n) is 7.90. The van der Waals surface area contributed by atoms with Gasteiger partial charge in [-0.15, -0.1) is 0 Å². The fraction of sp³-hybridized carbons (Fsp3) is 0.412. The first kappa shape index (κ1) is 14.9. The number of benzene rings is 1. The number of fused-ring (bicyclic) bond motifs is 2. The van der Waals surface area contributed by atoms with Crippen LogP contribution in [0, 0.1) is 11.8 Å². The molecule has 0 bridgehead atoms. The molecule has 3 unspecified atom stereocenters. The number of amides is 1. The van der Waals surface area contributed by atoms with Gasteiger partial charge in [0.25, 0.3) is 5.91 Å². The summed E-state index contributed by atoms with van der Waals surface area (Å²) in [5.41, 5.74) is 7.06. The second-order valence-electron chi connectivity index (χ2n) is 6.61. The first-order valence-corrected chi connectivity index (χ1v) is 8.69. The summed E-state index contributed by atoms with van der Waals surface area (Å²) in [5.74, 6) is 0.841. The molecule has 0 spiro atoms. The number of nitrogens with one attached hydrogen (secondary N) is 1. The Morgan fingerprint density at radius 2 is 2.09 bits per heavy atom. The lowest BCUT2D eigenvalue weighted by atomic mass is 9.98. The molecule has 1 aliphatic heterocycles. The van der Waals surface area contributed by atoms with Crippen molar-refractivity contribution in [1.29, 1.82) is 0 Å². The maximum absolute atomic E-state index is 13.0. The number of carbonyl (C=O) groups excluding carboxylic acids is 1. The summed E-state index contributed by atoms with van der Waals surface area (Å²) >= 11 is 3.43. The molecule has 6 heteroatoms. The predicted molar refractivity (Wildman–Crippen MR) is 92.4 cm³/mol. The molecule has 3 atom stereocenters. The molecule has 1 saturated heterocycles. The van der Waals surface area contributed by atoms with Crippen LogP contribution in [-0.4, -0.2) is 34.9 Å². The van der Waals surface area contributed by atoms with E-state index in [9.17, 15) is 9.59 Å². The molecule has 1 saturated carbocycles. The Bertz CT molecular complexity index is 847. The van der Waals surface area contributed by atoms with Gasteiger partial charge in [-0.1, -0.05) is 15.9 Å². The number of carbonyl (C=O) groups is 1. The van der Waals surface area contributed by atoms with Crippen LogP contribution in [0.1, 0.15) is 23.2 Å². The van der Waals surface area contributed by atoms with Crippen molar-refractivity contribution in [3.8, 4) is 0 Å². The average Bonchev–Trinajstić information content (AvgIpc) is 3.09. The van der Waals surface area contributed by atoms with Gasteiger partial charge in [-0.3, -0.25) is 9.59 Å². The third kappa shape index (κ3) is 2.50. The second-order valence-corrected chi connectivity index (χ2v) is 7.53. The highest BCUT2D eigenvalue weighted by Gasteiger charge is 2.42. The summed E-state index contributed by atoms with van der Waals surface area (Å²) in [7, 11) is 0. The summed E-state index contributed by atoms with van der Waals surface area (Å²) < 4.78 is 0.881. The molecular weight excluding hydrogens is 358 g/mol. The van der Waals surface area contributed by atoms with Crippen LogP contribution >= 0.6 is 15.9 Å². The zero-order chi connectivity index (χ0) is 16.1. The van der Waals surface area contributed by atoms with Crippen LogP contribution in [0.25, 0.3) is 10.9 Å². The van der Waals surface area contributed by atoms with E-state index < -0.39 is 0 Å². The van der Waals surface area contributed by atoms with Crippen molar-refractivity contribution in [3.63, 3.8) is 0 Å². The number of halogens is 1. The van der Waals surface area contributed by atoms with E-state index >= 15 is 0 Å². The third-order valence-corrected chi connectivity index (χ3v) is 5.73. The molecular formula is C17H18BrN3O2. The van der Waals surface area contributed by atoms with Crippen LogP contribution in [0.3, 0.4) is 0 Å². The molecule has 1 amide bonds. The number of H-pyrrole nitrogens is 1. The molecule has 120 valence electrons. The zero-order valence-electron chi connectivity index (χ0n) is 12.6. The van der Waals surface area contributed by atoms with E-state index in [0.29, 0.717) is 29.5 Å². The lowest BCUT2D eigenvalue weighted by molar-refractivity contribution is 0.0781. The Balaban J connectivity index is 1.73. The molecule has 23 heavy (non-hydrogen) atoms. The Morgan fingerprint density at radius 1 is 1.26 bits per heavy atom. The molecule has 1 aromatic carbocycles. The van der Waals surface area contributed by atoms with Crippen LogP contribution in [0.4, 0.5) is 0 Å². The number of pyridine rings is 1. The molecule has 2 aliphatic rings. The Kier molecular flexibility index (Phi) is 3.54. The average molecular weight is 376 g/mol. The predicted octanol–water partition coefficient (Wildman–Crippen LogP) is 2.10. The molecule has 4 rings (SSSR count). The van der Waals surface area contributed by atoms with Crippen molar-refractivity contribution < 1.29 is 4.79 Å². The molecule has 1 aromatic heterocycles. The summed E-state index contributed by atoms with van der Waals surface area (Å²) in [6.07, 6.45) is 2.15. The molecule has 2 heterocycles. The standard InChI is InChI=1S/C17H18BrN3O2/c18-10-2-4-15-11(5-10)12(6-16(22)20-15)17(23)21-7-9-1-3-14(19)13(9)8-21/h2,4-6,9,13-14H,1,3,7-8,19H2,(H,20,22). The van der Waals surface area contributed by atoms with E-state index in [2.05, 4.69) is 20.9 Å². The lowest BCUT2D eigenvalue weighted by Gasteiger charge is -2.19. The molecule has 2 fully saturated rings. The van der Waals surface area contributed by atoms with E-state index in [1.54, 1.807) is 0 Å². The molecule has 2 aromatic rings. The molecule has 3 N–H and O–H groups in total. The molecule has 5 nitrogen and oxygen atoms in total. The highest BCUT2D eigenvalue weighted by atomic mass is 79.9. The summed E-state index contributed by atoms with van der Waals surface area (Å²) in [6, 6.07) is 7.15. The quantitative estimate of drug-likeness (QED) is 0.800. The van der Waals surface area contributed by atoms with Crippen molar-refractivity contribution in [3.05, 3.63) is 44.7 Å². The lowest BCUT2D eigenvalue weighted by Crippen LogP contribution is -2.34. The first-order chi connectivity index (χ1) is 11.0. The fourth-order valence-corrected chi connectivity index (χ4v) is 4.41. The van der Waals surface area contributed by atoms with Crippen molar-refractivity contribution in [1.82, 2.24) is 9.88 Å². The van der Waals surface area contributed by atoms with E-state index in [4.69, 9.17) is 5.73 Å². The van der Waals surface area contributed by atoms with Gasteiger partial charge in [0.2, 0.25) is 5.56 Å². The van der Waals surface area contributed by atoms with Gasteiger partial charge in [0.15, 0.2) is 0 Å². The highest BCUT2D eigenvalue weighted by molar-refractivity contribution is 9.10. The van der Waals surface area contributed by atoms with Gasteiger partial charge in [-0.25, -0.2) is 0 Å². The minimum absolute atomic E-state index is 0.0687.